The number of fused-ring (bicyclic) bond motifs is 1. The summed E-state index contributed by atoms with van der Waals surface area (Å²) in [5, 5.41) is 0. The molecule has 1 aliphatic heterocycles. The molecule has 0 bridgehead atoms. The summed E-state index contributed by atoms with van der Waals surface area (Å²) in [7, 11) is 0. The second-order valence-electron chi connectivity index (χ2n) is 5.47. The predicted octanol–water partition coefficient (Wildman–Crippen LogP) is 3.75. The van der Waals surface area contributed by atoms with E-state index in [1.807, 2.05) is 29.6 Å². The SMILES string of the molecule is CSC1Cc2c(ccc(C(=O)C3C(=O)CCCC3=O)c2I)S1. The Labute approximate surface area is 151 Å². The molecule has 0 aromatic heterocycles. The Morgan fingerprint density at radius 1 is 1.27 bits per heavy atom. The predicted molar refractivity (Wildman–Crippen MR) is 97.7 cm³/mol. The molecule has 1 heterocycles. The van der Waals surface area contributed by atoms with Gasteiger partial charge < -0.3 is 0 Å². The van der Waals surface area contributed by atoms with Crippen LogP contribution in [0.4, 0.5) is 0 Å². The summed E-state index contributed by atoms with van der Waals surface area (Å²) in [4.78, 5) is 38.0. The first-order valence-corrected chi connectivity index (χ1v) is 10.4. The van der Waals surface area contributed by atoms with Gasteiger partial charge in [-0.1, -0.05) is 0 Å². The molecular formula is C16H15IO3S2. The Hall–Kier alpha value is -0.340. The van der Waals surface area contributed by atoms with E-state index in [0.29, 0.717) is 29.4 Å². The molecule has 116 valence electrons. The number of halogens is 1. The lowest BCUT2D eigenvalue weighted by molar-refractivity contribution is -0.133. The highest BCUT2D eigenvalue weighted by atomic mass is 127. The van der Waals surface area contributed by atoms with Crippen LogP contribution in [-0.2, 0) is 16.0 Å². The zero-order valence-corrected chi connectivity index (χ0v) is 15.8. The van der Waals surface area contributed by atoms with Crippen LogP contribution in [0.1, 0.15) is 35.2 Å². The highest BCUT2D eigenvalue weighted by molar-refractivity contribution is 14.1. The van der Waals surface area contributed by atoms with Crippen LogP contribution in [0, 0.1) is 9.49 Å². The van der Waals surface area contributed by atoms with Crippen molar-refractivity contribution in [3.8, 4) is 0 Å². The van der Waals surface area contributed by atoms with Crippen LogP contribution >= 0.6 is 46.1 Å². The van der Waals surface area contributed by atoms with Gasteiger partial charge in [-0.25, -0.2) is 0 Å². The molecule has 3 nitrogen and oxygen atoms in total. The molecule has 0 radical (unpaired) electrons. The molecule has 22 heavy (non-hydrogen) atoms. The Morgan fingerprint density at radius 3 is 2.59 bits per heavy atom. The molecular weight excluding hydrogens is 431 g/mol. The van der Waals surface area contributed by atoms with E-state index in [0.717, 1.165) is 9.99 Å². The lowest BCUT2D eigenvalue weighted by Gasteiger charge is -2.19. The number of Topliss-reactive ketones (excluding diaryl/α,β-unsaturated/α-hetero) is 3. The van der Waals surface area contributed by atoms with Crippen molar-refractivity contribution < 1.29 is 14.4 Å². The molecule has 1 saturated carbocycles. The number of hydrogen-bond acceptors (Lipinski definition) is 5. The normalized spacial score (nSPS) is 22.0. The van der Waals surface area contributed by atoms with Gasteiger partial charge in [-0.3, -0.25) is 14.4 Å². The summed E-state index contributed by atoms with van der Waals surface area (Å²) in [6.07, 6.45) is 4.27. The van der Waals surface area contributed by atoms with E-state index in [9.17, 15) is 14.4 Å². The minimum Gasteiger partial charge on any atom is -0.298 e. The van der Waals surface area contributed by atoms with E-state index in [2.05, 4.69) is 28.8 Å². The van der Waals surface area contributed by atoms with Crippen LogP contribution in [0.2, 0.25) is 0 Å². The maximum absolute atomic E-state index is 12.7. The van der Waals surface area contributed by atoms with Crippen LogP contribution in [0.25, 0.3) is 0 Å². The first-order chi connectivity index (χ1) is 10.5. The van der Waals surface area contributed by atoms with Crippen LogP contribution in [0.3, 0.4) is 0 Å². The van der Waals surface area contributed by atoms with Crippen LogP contribution in [-0.4, -0.2) is 28.2 Å². The molecule has 1 unspecified atom stereocenters. The topological polar surface area (TPSA) is 51.2 Å². The van der Waals surface area contributed by atoms with Gasteiger partial charge in [-0.15, -0.1) is 11.8 Å². The molecule has 0 saturated heterocycles. The smallest absolute Gasteiger partial charge is 0.181 e. The number of ketones is 3. The Kier molecular flexibility index (Phi) is 4.99. The molecule has 0 spiro atoms. The number of hydrogen-bond donors (Lipinski definition) is 0. The van der Waals surface area contributed by atoms with Gasteiger partial charge in [0, 0.05) is 26.9 Å². The Balaban J connectivity index is 1.95. The van der Waals surface area contributed by atoms with Gasteiger partial charge in [0.2, 0.25) is 0 Å². The summed E-state index contributed by atoms with van der Waals surface area (Å²) in [5.74, 6) is -1.80. The number of rotatable bonds is 3. The van der Waals surface area contributed by atoms with Crippen molar-refractivity contribution in [1.82, 2.24) is 0 Å². The first-order valence-electron chi connectivity index (χ1n) is 7.13. The fourth-order valence-electron chi connectivity index (χ4n) is 2.93. The summed E-state index contributed by atoms with van der Waals surface area (Å²) in [6.45, 7) is 0. The number of carbonyl (C=O) groups is 3. The van der Waals surface area contributed by atoms with Crippen molar-refractivity contribution in [3.63, 3.8) is 0 Å². The average Bonchev–Trinajstić information content (AvgIpc) is 2.91. The summed E-state index contributed by atoms with van der Waals surface area (Å²) in [6, 6.07) is 3.75. The van der Waals surface area contributed by atoms with Gasteiger partial charge in [-0.05, 0) is 59.4 Å². The molecule has 2 aliphatic rings. The van der Waals surface area contributed by atoms with E-state index in [4.69, 9.17) is 0 Å². The van der Waals surface area contributed by atoms with E-state index in [1.165, 1.54) is 10.5 Å². The van der Waals surface area contributed by atoms with Crippen molar-refractivity contribution in [1.29, 1.82) is 0 Å². The van der Waals surface area contributed by atoms with E-state index >= 15 is 0 Å². The minimum atomic E-state index is -1.06. The van der Waals surface area contributed by atoms with E-state index in [-0.39, 0.29) is 17.3 Å². The third-order valence-corrected chi connectivity index (χ3v) is 7.97. The monoisotopic (exact) mass is 446 g/mol. The number of thioether (sulfide) groups is 2. The van der Waals surface area contributed by atoms with Crippen molar-refractivity contribution in [2.24, 2.45) is 5.92 Å². The molecule has 3 rings (SSSR count). The molecule has 1 aliphatic carbocycles. The van der Waals surface area contributed by atoms with E-state index < -0.39 is 5.92 Å². The summed E-state index contributed by atoms with van der Waals surface area (Å²) < 4.78 is 1.39. The quantitative estimate of drug-likeness (QED) is 0.402. The average molecular weight is 446 g/mol. The highest BCUT2D eigenvalue weighted by Crippen LogP contribution is 2.44. The Bertz CT molecular complexity index is 656. The van der Waals surface area contributed by atoms with Crippen molar-refractivity contribution in [2.45, 2.75) is 35.2 Å². The molecule has 1 aromatic rings. The van der Waals surface area contributed by atoms with E-state index in [1.54, 1.807) is 6.07 Å². The molecule has 1 aromatic carbocycles. The molecule has 0 N–H and O–H groups in total. The fourth-order valence-corrected chi connectivity index (χ4v) is 6.10. The van der Waals surface area contributed by atoms with Crippen LogP contribution < -0.4 is 0 Å². The molecule has 1 fully saturated rings. The Morgan fingerprint density at radius 2 is 1.95 bits per heavy atom. The zero-order chi connectivity index (χ0) is 15.9. The third kappa shape index (κ3) is 2.89. The molecule has 1 atom stereocenters. The lowest BCUT2D eigenvalue weighted by atomic mass is 9.81. The van der Waals surface area contributed by atoms with Crippen molar-refractivity contribution in [3.05, 3.63) is 26.8 Å². The van der Waals surface area contributed by atoms with Gasteiger partial charge in [-0.2, -0.15) is 11.8 Å². The maximum atomic E-state index is 12.7. The fraction of sp³-hybridized carbons (Fsp3) is 0.438. The summed E-state index contributed by atoms with van der Waals surface area (Å²) in [5.41, 5.74) is 1.72. The largest absolute Gasteiger partial charge is 0.298 e. The van der Waals surface area contributed by atoms with Gasteiger partial charge in [0.05, 0.1) is 4.58 Å². The third-order valence-electron chi connectivity index (χ3n) is 4.11. The van der Waals surface area contributed by atoms with Crippen LogP contribution in [0.5, 0.6) is 0 Å². The number of carbonyl (C=O) groups excluding carboxylic acids is 3. The molecule has 0 amide bonds. The summed E-state index contributed by atoms with van der Waals surface area (Å²) >= 11 is 5.82. The van der Waals surface area contributed by atoms with Gasteiger partial charge >= 0.3 is 0 Å². The second kappa shape index (κ2) is 6.65. The minimum absolute atomic E-state index is 0.214. The second-order valence-corrected chi connectivity index (χ2v) is 9.14. The maximum Gasteiger partial charge on any atom is 0.181 e. The van der Waals surface area contributed by atoms with Gasteiger partial charge in [0.25, 0.3) is 0 Å². The molecule has 6 heteroatoms. The zero-order valence-electron chi connectivity index (χ0n) is 12.1. The first kappa shape index (κ1) is 16.5. The van der Waals surface area contributed by atoms with Gasteiger partial charge in [0.1, 0.15) is 5.92 Å². The standard InChI is InChI=1S/C16H15IO3S2/c1-21-13-7-9-12(22-13)6-5-8(15(9)17)16(20)14-10(18)3-2-4-11(14)19/h5-6,13-14H,2-4,7H2,1H3. The number of benzene rings is 1. The lowest BCUT2D eigenvalue weighted by Crippen LogP contribution is -2.35. The highest BCUT2D eigenvalue weighted by Gasteiger charge is 2.38. The van der Waals surface area contributed by atoms with Crippen LogP contribution in [0.15, 0.2) is 17.0 Å². The van der Waals surface area contributed by atoms with Crippen molar-refractivity contribution >= 4 is 63.5 Å². The van der Waals surface area contributed by atoms with Gasteiger partial charge in [0.15, 0.2) is 17.3 Å². The van der Waals surface area contributed by atoms with Crippen molar-refractivity contribution in [2.75, 3.05) is 6.26 Å².